The molecule has 3 aromatic rings. The predicted molar refractivity (Wildman–Crippen MR) is 108 cm³/mol. The average molecular weight is 385 g/mol. The quantitative estimate of drug-likeness (QED) is 0.491. The summed E-state index contributed by atoms with van der Waals surface area (Å²) < 4.78 is 0. The molecule has 0 radical (unpaired) electrons. The topological polar surface area (TPSA) is 66.4 Å². The molecule has 0 saturated heterocycles. The molecule has 0 spiro atoms. The molecule has 2 aromatic carbocycles. The van der Waals surface area contributed by atoms with Gasteiger partial charge in [-0.1, -0.05) is 41.4 Å². The van der Waals surface area contributed by atoms with Gasteiger partial charge in [0.1, 0.15) is 5.01 Å². The van der Waals surface area contributed by atoms with E-state index in [0.717, 1.165) is 16.3 Å². The SMILES string of the molecule is Cc1ccc(NCC(=O)N/N=C\c2csc(-c3ccc(Cl)cc3)n2)cc1. The number of amides is 1. The van der Waals surface area contributed by atoms with Crippen LogP contribution in [0.25, 0.3) is 10.6 Å². The van der Waals surface area contributed by atoms with Crippen molar-refractivity contribution >= 4 is 40.7 Å². The first kappa shape index (κ1) is 18.1. The molecule has 3 rings (SSSR count). The second-order valence-corrected chi connectivity index (χ2v) is 6.89. The van der Waals surface area contributed by atoms with Gasteiger partial charge >= 0.3 is 0 Å². The van der Waals surface area contributed by atoms with Gasteiger partial charge in [-0.05, 0) is 31.2 Å². The van der Waals surface area contributed by atoms with Gasteiger partial charge in [0.25, 0.3) is 5.91 Å². The van der Waals surface area contributed by atoms with Gasteiger partial charge in [-0.15, -0.1) is 11.3 Å². The normalized spacial score (nSPS) is 10.8. The Kier molecular flexibility index (Phi) is 5.99. The van der Waals surface area contributed by atoms with Crippen molar-refractivity contribution in [3.8, 4) is 10.6 Å². The van der Waals surface area contributed by atoms with E-state index in [1.165, 1.54) is 23.1 Å². The first-order chi connectivity index (χ1) is 12.6. The summed E-state index contributed by atoms with van der Waals surface area (Å²) in [6.45, 7) is 2.16. The molecule has 5 nitrogen and oxygen atoms in total. The lowest BCUT2D eigenvalue weighted by molar-refractivity contribution is -0.119. The van der Waals surface area contributed by atoms with Crippen LogP contribution in [0.4, 0.5) is 5.69 Å². The fraction of sp³-hybridized carbons (Fsp3) is 0.105. The van der Waals surface area contributed by atoms with E-state index in [2.05, 4.69) is 20.8 Å². The maximum Gasteiger partial charge on any atom is 0.259 e. The van der Waals surface area contributed by atoms with Crippen molar-refractivity contribution in [1.29, 1.82) is 0 Å². The number of hydrogen-bond donors (Lipinski definition) is 2. The minimum atomic E-state index is -0.227. The maximum atomic E-state index is 11.8. The molecule has 0 saturated carbocycles. The molecule has 0 unspecified atom stereocenters. The molecule has 0 fully saturated rings. The van der Waals surface area contributed by atoms with Crippen molar-refractivity contribution in [3.05, 3.63) is 70.2 Å². The minimum Gasteiger partial charge on any atom is -0.376 e. The number of hydrazone groups is 1. The minimum absolute atomic E-state index is 0.146. The van der Waals surface area contributed by atoms with E-state index in [1.54, 1.807) is 0 Å². The summed E-state index contributed by atoms with van der Waals surface area (Å²) in [5.41, 5.74) is 6.23. The number of nitrogens with zero attached hydrogens (tertiary/aromatic N) is 2. The van der Waals surface area contributed by atoms with Crippen molar-refractivity contribution in [2.45, 2.75) is 6.92 Å². The van der Waals surface area contributed by atoms with Gasteiger partial charge in [0.05, 0.1) is 18.5 Å². The van der Waals surface area contributed by atoms with Crippen LogP contribution in [0.5, 0.6) is 0 Å². The van der Waals surface area contributed by atoms with Crippen LogP contribution in [0, 0.1) is 6.92 Å². The van der Waals surface area contributed by atoms with E-state index in [-0.39, 0.29) is 12.5 Å². The first-order valence-electron chi connectivity index (χ1n) is 7.94. The Balaban J connectivity index is 1.49. The van der Waals surface area contributed by atoms with Crippen molar-refractivity contribution < 1.29 is 4.79 Å². The van der Waals surface area contributed by atoms with Gasteiger partial charge in [0.2, 0.25) is 0 Å². The molecule has 26 heavy (non-hydrogen) atoms. The molecule has 0 aliphatic heterocycles. The molecule has 0 aliphatic carbocycles. The van der Waals surface area contributed by atoms with E-state index in [4.69, 9.17) is 11.6 Å². The van der Waals surface area contributed by atoms with E-state index in [0.29, 0.717) is 10.7 Å². The summed E-state index contributed by atoms with van der Waals surface area (Å²) in [5.74, 6) is -0.227. The van der Waals surface area contributed by atoms with Crippen LogP contribution in [0.3, 0.4) is 0 Å². The summed E-state index contributed by atoms with van der Waals surface area (Å²) >= 11 is 7.40. The van der Waals surface area contributed by atoms with E-state index < -0.39 is 0 Å². The Bertz CT molecular complexity index is 904. The Morgan fingerprint density at radius 2 is 1.92 bits per heavy atom. The first-order valence-corrected chi connectivity index (χ1v) is 9.20. The zero-order valence-electron chi connectivity index (χ0n) is 14.1. The third-order valence-corrected chi connectivity index (χ3v) is 4.67. The number of rotatable bonds is 6. The lowest BCUT2D eigenvalue weighted by Gasteiger charge is -2.05. The Labute approximate surface area is 160 Å². The molecular weight excluding hydrogens is 368 g/mol. The zero-order valence-corrected chi connectivity index (χ0v) is 15.6. The monoisotopic (exact) mass is 384 g/mol. The highest BCUT2D eigenvalue weighted by Crippen LogP contribution is 2.24. The van der Waals surface area contributed by atoms with Crippen molar-refractivity contribution in [1.82, 2.24) is 10.4 Å². The molecule has 2 N–H and O–H groups in total. The molecule has 132 valence electrons. The van der Waals surface area contributed by atoms with Crippen LogP contribution < -0.4 is 10.7 Å². The number of benzene rings is 2. The lowest BCUT2D eigenvalue weighted by Crippen LogP contribution is -2.25. The number of aromatic nitrogens is 1. The number of aryl methyl sites for hydroxylation is 1. The van der Waals surface area contributed by atoms with E-state index in [9.17, 15) is 4.79 Å². The molecule has 0 bridgehead atoms. The summed E-state index contributed by atoms with van der Waals surface area (Å²) in [6.07, 6.45) is 1.53. The fourth-order valence-electron chi connectivity index (χ4n) is 2.13. The number of anilines is 1. The highest BCUT2D eigenvalue weighted by atomic mass is 35.5. The highest BCUT2D eigenvalue weighted by Gasteiger charge is 2.04. The largest absolute Gasteiger partial charge is 0.376 e. The fourth-order valence-corrected chi connectivity index (χ4v) is 3.04. The maximum absolute atomic E-state index is 11.8. The number of thiazole rings is 1. The van der Waals surface area contributed by atoms with Crippen molar-refractivity contribution in [2.75, 3.05) is 11.9 Å². The second kappa shape index (κ2) is 8.60. The molecule has 1 aromatic heterocycles. The third-order valence-electron chi connectivity index (χ3n) is 3.50. The van der Waals surface area contributed by atoms with Crippen LogP contribution in [0.1, 0.15) is 11.3 Å². The average Bonchev–Trinajstić information content (AvgIpc) is 3.11. The summed E-state index contributed by atoms with van der Waals surface area (Å²) in [7, 11) is 0. The second-order valence-electron chi connectivity index (χ2n) is 5.60. The summed E-state index contributed by atoms with van der Waals surface area (Å²) in [6, 6.07) is 15.3. The molecule has 0 aliphatic rings. The van der Waals surface area contributed by atoms with Crippen LogP contribution in [0.15, 0.2) is 59.0 Å². The summed E-state index contributed by atoms with van der Waals surface area (Å²) in [4.78, 5) is 16.3. The van der Waals surface area contributed by atoms with Crippen LogP contribution >= 0.6 is 22.9 Å². The Hall–Kier alpha value is -2.70. The van der Waals surface area contributed by atoms with Crippen LogP contribution in [-0.2, 0) is 4.79 Å². The lowest BCUT2D eigenvalue weighted by atomic mass is 10.2. The van der Waals surface area contributed by atoms with Gasteiger partial charge in [-0.2, -0.15) is 5.10 Å². The van der Waals surface area contributed by atoms with E-state index >= 15 is 0 Å². The molecule has 1 heterocycles. The van der Waals surface area contributed by atoms with Crippen molar-refractivity contribution in [2.24, 2.45) is 5.10 Å². The Morgan fingerprint density at radius 1 is 1.19 bits per heavy atom. The van der Waals surface area contributed by atoms with Gasteiger partial charge in [0.15, 0.2) is 0 Å². The highest BCUT2D eigenvalue weighted by molar-refractivity contribution is 7.13. The van der Waals surface area contributed by atoms with E-state index in [1.807, 2.05) is 60.8 Å². The standard InChI is InChI=1S/C19H17ClN4OS/c1-13-2-8-16(9-3-13)21-11-18(25)24-22-10-17-12-26-19(23-17)14-4-6-15(20)7-5-14/h2-10,12,21H,11H2,1H3,(H,24,25)/b22-10-. The predicted octanol–water partition coefficient (Wildman–Crippen LogP) is 4.33. The molecular formula is C19H17ClN4OS. The molecule has 0 atom stereocenters. The number of carbonyl (C=O) groups excluding carboxylic acids is 1. The summed E-state index contributed by atoms with van der Waals surface area (Å²) in [5, 5.41) is 10.4. The number of carbonyl (C=O) groups is 1. The van der Waals surface area contributed by atoms with Gasteiger partial charge in [-0.3, -0.25) is 4.79 Å². The molecule has 7 heteroatoms. The van der Waals surface area contributed by atoms with Gasteiger partial charge in [-0.25, -0.2) is 10.4 Å². The number of hydrogen-bond acceptors (Lipinski definition) is 5. The third kappa shape index (κ3) is 5.15. The number of halogens is 1. The van der Waals surface area contributed by atoms with Gasteiger partial charge in [0, 0.05) is 21.7 Å². The van der Waals surface area contributed by atoms with Crippen LogP contribution in [-0.4, -0.2) is 23.7 Å². The van der Waals surface area contributed by atoms with Crippen molar-refractivity contribution in [3.63, 3.8) is 0 Å². The zero-order chi connectivity index (χ0) is 18.4. The van der Waals surface area contributed by atoms with Crippen LogP contribution in [0.2, 0.25) is 5.02 Å². The molecule has 1 amide bonds. The number of nitrogens with one attached hydrogen (secondary N) is 2. The van der Waals surface area contributed by atoms with Gasteiger partial charge < -0.3 is 5.32 Å². The Morgan fingerprint density at radius 3 is 2.65 bits per heavy atom. The smallest absolute Gasteiger partial charge is 0.259 e.